The molecule has 7 nitrogen and oxygen atoms in total. The van der Waals surface area contributed by atoms with E-state index in [1.54, 1.807) is 18.2 Å². The summed E-state index contributed by atoms with van der Waals surface area (Å²) < 4.78 is 5.44. The summed E-state index contributed by atoms with van der Waals surface area (Å²) in [6.07, 6.45) is -1.01. The van der Waals surface area contributed by atoms with E-state index in [0.717, 1.165) is 33.1 Å². The van der Waals surface area contributed by atoms with Crippen molar-refractivity contribution in [3.05, 3.63) is 102 Å². The van der Waals surface area contributed by atoms with Crippen molar-refractivity contribution in [3.8, 4) is 22.6 Å². The molecule has 0 saturated carbocycles. The van der Waals surface area contributed by atoms with Gasteiger partial charge in [-0.25, -0.2) is 14.8 Å². The van der Waals surface area contributed by atoms with Gasteiger partial charge in [0.05, 0.1) is 22.3 Å². The molecule has 2 aromatic heterocycles. The number of esters is 1. The molecule has 1 unspecified atom stereocenters. The molecule has 8 heteroatoms. The van der Waals surface area contributed by atoms with Crippen LogP contribution < -0.4 is 5.32 Å². The van der Waals surface area contributed by atoms with Gasteiger partial charge in [0.2, 0.25) is 0 Å². The number of H-pyrrole nitrogens is 1. The van der Waals surface area contributed by atoms with Gasteiger partial charge in [-0.05, 0) is 42.0 Å². The number of carbonyl (C=O) groups excluding carboxylic acids is 2. The summed E-state index contributed by atoms with van der Waals surface area (Å²) in [7, 11) is 0. The largest absolute Gasteiger partial charge is 0.449 e. The third kappa shape index (κ3) is 4.77. The van der Waals surface area contributed by atoms with Gasteiger partial charge in [-0.15, -0.1) is 11.3 Å². The minimum absolute atomic E-state index is 0.327. The number of aromatic nitrogens is 3. The first-order valence-electron chi connectivity index (χ1n) is 12.1. The van der Waals surface area contributed by atoms with E-state index < -0.39 is 18.0 Å². The zero-order valence-corrected chi connectivity index (χ0v) is 21.2. The van der Waals surface area contributed by atoms with Gasteiger partial charge in [-0.2, -0.15) is 0 Å². The van der Waals surface area contributed by atoms with Crippen molar-refractivity contribution in [2.75, 3.05) is 5.32 Å². The molecule has 6 rings (SSSR count). The molecule has 0 aliphatic carbocycles. The third-order valence-corrected chi connectivity index (χ3v) is 6.96. The normalized spacial score (nSPS) is 11.9. The number of aromatic amines is 1. The van der Waals surface area contributed by atoms with Crippen molar-refractivity contribution in [1.29, 1.82) is 0 Å². The summed E-state index contributed by atoms with van der Waals surface area (Å²) in [5, 5.41) is 7.35. The number of carbonyl (C=O) groups is 2. The van der Waals surface area contributed by atoms with Crippen molar-refractivity contribution in [1.82, 2.24) is 15.0 Å². The van der Waals surface area contributed by atoms with Crippen LogP contribution in [0.3, 0.4) is 0 Å². The molecular formula is C30H22N4O3S. The zero-order valence-electron chi connectivity index (χ0n) is 20.3. The average molecular weight is 519 g/mol. The molecule has 4 aromatic carbocycles. The van der Waals surface area contributed by atoms with E-state index in [9.17, 15) is 9.59 Å². The molecule has 0 spiro atoms. The molecule has 0 saturated heterocycles. The van der Waals surface area contributed by atoms with Crippen molar-refractivity contribution < 1.29 is 14.3 Å². The van der Waals surface area contributed by atoms with Crippen molar-refractivity contribution >= 4 is 50.2 Å². The maximum atomic E-state index is 12.8. The zero-order chi connectivity index (χ0) is 26.1. The number of amides is 1. The van der Waals surface area contributed by atoms with Gasteiger partial charge in [0.25, 0.3) is 5.91 Å². The first kappa shape index (κ1) is 23.6. The van der Waals surface area contributed by atoms with Crippen LogP contribution in [0, 0.1) is 0 Å². The van der Waals surface area contributed by atoms with Gasteiger partial charge < -0.3 is 9.72 Å². The second kappa shape index (κ2) is 9.91. The lowest BCUT2D eigenvalue weighted by Gasteiger charge is -2.12. The molecule has 0 bridgehead atoms. The average Bonchev–Trinajstić information content (AvgIpc) is 3.60. The first-order valence-corrected chi connectivity index (χ1v) is 12.9. The molecule has 1 atom stereocenters. The van der Waals surface area contributed by atoms with Gasteiger partial charge >= 0.3 is 5.97 Å². The Morgan fingerprint density at radius 2 is 1.66 bits per heavy atom. The molecule has 0 aliphatic rings. The van der Waals surface area contributed by atoms with Crippen molar-refractivity contribution in [2.45, 2.75) is 13.0 Å². The van der Waals surface area contributed by atoms with E-state index in [0.29, 0.717) is 22.0 Å². The molecule has 2 heterocycles. The summed E-state index contributed by atoms with van der Waals surface area (Å²) in [5.74, 6) is -0.335. The number of benzene rings is 4. The highest BCUT2D eigenvalue weighted by Gasteiger charge is 2.21. The molecule has 0 fully saturated rings. The number of imidazole rings is 1. The fourth-order valence-electron chi connectivity index (χ4n) is 4.17. The Morgan fingerprint density at radius 3 is 2.50 bits per heavy atom. The van der Waals surface area contributed by atoms with E-state index in [2.05, 4.69) is 38.5 Å². The van der Waals surface area contributed by atoms with Crippen molar-refractivity contribution in [2.24, 2.45) is 0 Å². The lowest BCUT2D eigenvalue weighted by molar-refractivity contribution is -0.123. The minimum Gasteiger partial charge on any atom is -0.449 e. The highest BCUT2D eigenvalue weighted by Crippen LogP contribution is 2.28. The minimum atomic E-state index is -1.01. The lowest BCUT2D eigenvalue weighted by Crippen LogP contribution is -2.29. The summed E-state index contributed by atoms with van der Waals surface area (Å²) >= 11 is 1.32. The predicted octanol–water partition coefficient (Wildman–Crippen LogP) is 6.69. The Kier molecular flexibility index (Phi) is 6.15. The third-order valence-electron chi connectivity index (χ3n) is 6.20. The van der Waals surface area contributed by atoms with Gasteiger partial charge in [-0.1, -0.05) is 66.7 Å². The summed E-state index contributed by atoms with van der Waals surface area (Å²) in [6.45, 7) is 1.54. The fraction of sp³-hybridized carbons (Fsp3) is 0.0667. The number of rotatable bonds is 6. The summed E-state index contributed by atoms with van der Waals surface area (Å²) in [4.78, 5) is 37.9. The van der Waals surface area contributed by atoms with Crippen LogP contribution in [-0.4, -0.2) is 32.9 Å². The Labute approximate surface area is 222 Å². The van der Waals surface area contributed by atoms with E-state index >= 15 is 0 Å². The van der Waals surface area contributed by atoms with E-state index in [-0.39, 0.29) is 0 Å². The number of fused-ring (bicyclic) bond motifs is 2. The van der Waals surface area contributed by atoms with E-state index in [1.165, 1.54) is 18.3 Å². The lowest BCUT2D eigenvalue weighted by atomic mass is 10.1. The fourth-order valence-corrected chi connectivity index (χ4v) is 4.89. The van der Waals surface area contributed by atoms with Crippen LogP contribution in [-0.2, 0) is 9.53 Å². The summed E-state index contributed by atoms with van der Waals surface area (Å²) in [5.41, 5.74) is 4.45. The van der Waals surface area contributed by atoms with Crippen LogP contribution in [0.4, 0.5) is 5.13 Å². The smallest absolute Gasteiger partial charge is 0.338 e. The quantitative estimate of drug-likeness (QED) is 0.239. The standard InChI is InChI=1S/C30H22N4O3S/c1-18(28(35)34-30-33-26(17-38-30)22-12-11-19-7-5-6-10-21(19)15-22)37-29(36)23-13-14-24-25(16-23)32-27(31-24)20-8-3-2-4-9-20/h2-18H,1H3,(H,31,32)(H,33,34,35). The number of hydrogen-bond acceptors (Lipinski definition) is 6. The number of nitrogens with zero attached hydrogens (tertiary/aromatic N) is 2. The Bertz CT molecular complexity index is 1790. The number of thiazole rings is 1. The second-order valence-corrected chi connectivity index (χ2v) is 9.68. The number of anilines is 1. The van der Waals surface area contributed by atoms with Crippen LogP contribution in [0.2, 0.25) is 0 Å². The molecule has 1 amide bonds. The molecule has 6 aromatic rings. The van der Waals surface area contributed by atoms with Crippen LogP contribution in [0.25, 0.3) is 44.5 Å². The van der Waals surface area contributed by atoms with Crippen LogP contribution in [0.5, 0.6) is 0 Å². The van der Waals surface area contributed by atoms with Crippen molar-refractivity contribution in [3.63, 3.8) is 0 Å². The first-order chi connectivity index (χ1) is 18.5. The Hall–Kier alpha value is -4.82. The molecule has 186 valence electrons. The maximum Gasteiger partial charge on any atom is 0.338 e. The van der Waals surface area contributed by atoms with Crippen LogP contribution in [0.15, 0.2) is 96.4 Å². The Balaban J connectivity index is 1.11. The van der Waals surface area contributed by atoms with Gasteiger partial charge in [0, 0.05) is 16.5 Å². The molecule has 0 radical (unpaired) electrons. The Morgan fingerprint density at radius 1 is 0.868 bits per heavy atom. The maximum absolute atomic E-state index is 12.8. The van der Waals surface area contributed by atoms with Crippen LogP contribution >= 0.6 is 11.3 Å². The number of hydrogen-bond donors (Lipinski definition) is 2. The van der Waals surface area contributed by atoms with Gasteiger partial charge in [0.1, 0.15) is 5.82 Å². The van der Waals surface area contributed by atoms with Gasteiger partial charge in [0.15, 0.2) is 11.2 Å². The monoisotopic (exact) mass is 518 g/mol. The molecular weight excluding hydrogens is 496 g/mol. The molecule has 0 aliphatic heterocycles. The topological polar surface area (TPSA) is 97.0 Å². The molecule has 38 heavy (non-hydrogen) atoms. The second-order valence-electron chi connectivity index (χ2n) is 8.82. The summed E-state index contributed by atoms with van der Waals surface area (Å²) in [6, 6.07) is 29.0. The van der Waals surface area contributed by atoms with E-state index in [4.69, 9.17) is 4.74 Å². The highest BCUT2D eigenvalue weighted by molar-refractivity contribution is 7.14. The SMILES string of the molecule is CC(OC(=O)c1ccc2nc(-c3ccccc3)[nH]c2c1)C(=O)Nc1nc(-c2ccc3ccccc3c2)cs1. The number of nitrogens with one attached hydrogen (secondary N) is 2. The number of ether oxygens (including phenoxy) is 1. The molecule has 2 N–H and O–H groups in total. The van der Waals surface area contributed by atoms with E-state index in [1.807, 2.05) is 60.0 Å². The van der Waals surface area contributed by atoms with Gasteiger partial charge in [-0.3, -0.25) is 10.1 Å². The van der Waals surface area contributed by atoms with Crippen LogP contribution in [0.1, 0.15) is 17.3 Å². The predicted molar refractivity (Wildman–Crippen MR) is 150 cm³/mol. The highest BCUT2D eigenvalue weighted by atomic mass is 32.1.